The van der Waals surface area contributed by atoms with Gasteiger partial charge in [0.05, 0.1) is 17.9 Å². The van der Waals surface area contributed by atoms with Crippen LogP contribution in [0.3, 0.4) is 0 Å². The second-order valence-electron chi connectivity index (χ2n) is 13.0. The van der Waals surface area contributed by atoms with Crippen molar-refractivity contribution in [2.24, 2.45) is 0 Å². The van der Waals surface area contributed by atoms with Gasteiger partial charge in [-0.15, -0.1) is 0 Å². The van der Waals surface area contributed by atoms with Crippen molar-refractivity contribution in [1.82, 2.24) is 5.32 Å². The number of hydrogen-bond donors (Lipinski definition) is 4. The van der Waals surface area contributed by atoms with E-state index in [-0.39, 0.29) is 6.42 Å². The average Bonchev–Trinajstić information content (AvgIpc) is 3.01. The Bertz CT molecular complexity index is 886. The van der Waals surface area contributed by atoms with E-state index in [1.54, 1.807) is 6.08 Å². The molecule has 3 atom stereocenters. The maximum atomic E-state index is 12.5. The summed E-state index contributed by atoms with van der Waals surface area (Å²) in [6.45, 7) is 4.47. The number of nitrogens with one attached hydrogen (secondary N) is 1. The molecule has 0 aromatic rings. The summed E-state index contributed by atoms with van der Waals surface area (Å²) in [6.07, 6.45) is 37.7. The molecule has 3 unspecified atom stereocenters. The standard InChI is InChI=1S/C38H71NO6S/c1-3-5-7-9-11-13-15-17-19-21-22-24-26-28-30-32-36(40)35(34-46(43,44)45)39-38(42)37(41)33-31-29-27-25-23-20-18-16-14-12-10-8-6-4-2/h14,16,22,24,30,32,35-37,40-41H,3-13,15,17-21,23,25-29,31,33-34H2,1-2H3,(H,39,42)(H,43,44,45)/b16-14-,24-22+,32-30+. The van der Waals surface area contributed by atoms with Crippen LogP contribution >= 0.6 is 0 Å². The molecule has 0 rings (SSSR count). The lowest BCUT2D eigenvalue weighted by molar-refractivity contribution is -0.130. The third-order valence-corrected chi connectivity index (χ3v) is 9.18. The van der Waals surface area contributed by atoms with Crippen molar-refractivity contribution in [1.29, 1.82) is 0 Å². The fourth-order valence-corrected chi connectivity index (χ4v) is 6.20. The smallest absolute Gasteiger partial charge is 0.267 e. The molecule has 0 heterocycles. The number of hydrogen-bond acceptors (Lipinski definition) is 5. The Hall–Kier alpha value is -1.48. The zero-order valence-corrected chi connectivity index (χ0v) is 30.4. The summed E-state index contributed by atoms with van der Waals surface area (Å²) in [5, 5.41) is 23.3. The number of unbranched alkanes of at least 4 members (excludes halogenated alkanes) is 20. The zero-order chi connectivity index (χ0) is 34.1. The van der Waals surface area contributed by atoms with Crippen LogP contribution in [0.15, 0.2) is 36.5 Å². The first-order valence-electron chi connectivity index (χ1n) is 18.8. The van der Waals surface area contributed by atoms with Crippen molar-refractivity contribution >= 4 is 16.0 Å². The highest BCUT2D eigenvalue weighted by Crippen LogP contribution is 2.13. The predicted octanol–water partition coefficient (Wildman–Crippen LogP) is 9.54. The molecule has 7 nitrogen and oxygen atoms in total. The second kappa shape index (κ2) is 32.1. The van der Waals surface area contributed by atoms with E-state index in [1.807, 2.05) is 0 Å². The SMILES string of the molecule is CCCCCC/C=C\CCCCCCCCC(O)C(=O)NC(CS(=O)(=O)O)C(O)/C=C/CC/C=C/CCCCCCCCCCC. The third-order valence-electron chi connectivity index (χ3n) is 8.40. The Morgan fingerprint density at radius 3 is 1.46 bits per heavy atom. The van der Waals surface area contributed by atoms with Gasteiger partial charge in [0.1, 0.15) is 6.10 Å². The van der Waals surface area contributed by atoms with Crippen LogP contribution in [-0.2, 0) is 14.9 Å². The van der Waals surface area contributed by atoms with E-state index in [1.165, 1.54) is 109 Å². The van der Waals surface area contributed by atoms with Crippen LogP contribution in [0.4, 0.5) is 0 Å². The van der Waals surface area contributed by atoms with E-state index in [2.05, 4.69) is 43.5 Å². The summed E-state index contributed by atoms with van der Waals surface area (Å²) in [4.78, 5) is 12.5. The highest BCUT2D eigenvalue weighted by atomic mass is 32.2. The fraction of sp³-hybridized carbons (Fsp3) is 0.816. The molecule has 0 bridgehead atoms. The monoisotopic (exact) mass is 670 g/mol. The van der Waals surface area contributed by atoms with Crippen LogP contribution in [0.25, 0.3) is 0 Å². The van der Waals surface area contributed by atoms with Crippen molar-refractivity contribution in [3.05, 3.63) is 36.5 Å². The summed E-state index contributed by atoms with van der Waals surface area (Å²) >= 11 is 0. The van der Waals surface area contributed by atoms with E-state index in [0.29, 0.717) is 12.8 Å². The van der Waals surface area contributed by atoms with Crippen molar-refractivity contribution in [3.8, 4) is 0 Å². The Kier molecular flexibility index (Phi) is 31.1. The van der Waals surface area contributed by atoms with Crippen molar-refractivity contribution in [2.45, 2.75) is 193 Å². The molecule has 1 amide bonds. The summed E-state index contributed by atoms with van der Waals surface area (Å²) in [5.74, 6) is -1.56. The summed E-state index contributed by atoms with van der Waals surface area (Å²) in [7, 11) is -4.45. The number of allylic oxidation sites excluding steroid dienone is 5. The average molecular weight is 670 g/mol. The third kappa shape index (κ3) is 31.1. The number of amides is 1. The van der Waals surface area contributed by atoms with E-state index >= 15 is 0 Å². The summed E-state index contributed by atoms with van der Waals surface area (Å²) in [5.41, 5.74) is 0. The summed E-state index contributed by atoms with van der Waals surface area (Å²) in [6, 6.07) is -1.25. The van der Waals surface area contributed by atoms with Gasteiger partial charge in [-0.25, -0.2) is 0 Å². The molecule has 0 aliphatic rings. The highest BCUT2D eigenvalue weighted by Gasteiger charge is 2.27. The predicted molar refractivity (Wildman–Crippen MR) is 195 cm³/mol. The molecule has 0 fully saturated rings. The molecule has 0 saturated heterocycles. The number of carbonyl (C=O) groups excluding carboxylic acids is 1. The van der Waals surface area contributed by atoms with Gasteiger partial charge in [0, 0.05) is 0 Å². The minimum atomic E-state index is -4.45. The normalized spacial score (nSPS) is 14.5. The van der Waals surface area contributed by atoms with Gasteiger partial charge in [0.2, 0.25) is 5.91 Å². The molecule has 4 N–H and O–H groups in total. The molecule has 8 heteroatoms. The van der Waals surface area contributed by atoms with E-state index in [9.17, 15) is 28.0 Å². The largest absolute Gasteiger partial charge is 0.387 e. The van der Waals surface area contributed by atoms with E-state index < -0.39 is 40.0 Å². The van der Waals surface area contributed by atoms with Gasteiger partial charge in [-0.3, -0.25) is 9.35 Å². The lowest BCUT2D eigenvalue weighted by Gasteiger charge is -2.22. The molecule has 0 saturated carbocycles. The number of carbonyl (C=O) groups is 1. The summed E-state index contributed by atoms with van der Waals surface area (Å²) < 4.78 is 32.4. The number of aliphatic hydroxyl groups is 2. The van der Waals surface area contributed by atoms with Gasteiger partial charge in [0.15, 0.2) is 0 Å². The second-order valence-corrected chi connectivity index (χ2v) is 14.5. The number of aliphatic hydroxyl groups excluding tert-OH is 2. The molecular formula is C38H71NO6S. The van der Waals surface area contributed by atoms with E-state index in [4.69, 9.17) is 0 Å². The Balaban J connectivity index is 4.17. The van der Waals surface area contributed by atoms with Crippen LogP contribution in [0.1, 0.15) is 174 Å². The van der Waals surface area contributed by atoms with Crippen LogP contribution < -0.4 is 5.32 Å². The molecular weight excluding hydrogens is 598 g/mol. The Labute approximate surface area is 283 Å². The van der Waals surface area contributed by atoms with Gasteiger partial charge in [-0.1, -0.05) is 153 Å². The Morgan fingerprint density at radius 2 is 0.978 bits per heavy atom. The van der Waals surface area contributed by atoms with Crippen molar-refractivity contribution < 1.29 is 28.0 Å². The lowest BCUT2D eigenvalue weighted by atomic mass is 10.0. The van der Waals surface area contributed by atoms with Crippen molar-refractivity contribution in [3.63, 3.8) is 0 Å². The maximum absolute atomic E-state index is 12.5. The number of rotatable bonds is 33. The topological polar surface area (TPSA) is 124 Å². The van der Waals surface area contributed by atoms with Gasteiger partial charge >= 0.3 is 0 Å². The molecule has 46 heavy (non-hydrogen) atoms. The molecule has 0 aliphatic carbocycles. The van der Waals surface area contributed by atoms with Crippen LogP contribution in [0, 0.1) is 0 Å². The van der Waals surface area contributed by atoms with Gasteiger partial charge < -0.3 is 15.5 Å². The van der Waals surface area contributed by atoms with Crippen LogP contribution in [0.5, 0.6) is 0 Å². The maximum Gasteiger partial charge on any atom is 0.267 e. The zero-order valence-electron chi connectivity index (χ0n) is 29.6. The molecule has 0 spiro atoms. The van der Waals surface area contributed by atoms with Crippen LogP contribution in [-0.4, -0.2) is 53.1 Å². The van der Waals surface area contributed by atoms with Crippen LogP contribution in [0.2, 0.25) is 0 Å². The minimum Gasteiger partial charge on any atom is -0.387 e. The quantitative estimate of drug-likeness (QED) is 0.0313. The molecule has 0 aromatic carbocycles. The molecule has 0 aromatic heterocycles. The highest BCUT2D eigenvalue weighted by molar-refractivity contribution is 7.85. The minimum absolute atomic E-state index is 0.266. The van der Waals surface area contributed by atoms with E-state index in [0.717, 1.165) is 38.5 Å². The fourth-order valence-electron chi connectivity index (χ4n) is 5.46. The first-order chi connectivity index (χ1) is 22.2. The first-order valence-corrected chi connectivity index (χ1v) is 20.4. The Morgan fingerprint density at radius 1 is 0.587 bits per heavy atom. The molecule has 0 aliphatic heterocycles. The lowest BCUT2D eigenvalue weighted by Crippen LogP contribution is -2.50. The van der Waals surface area contributed by atoms with Crippen molar-refractivity contribution in [2.75, 3.05) is 5.75 Å². The first kappa shape index (κ1) is 44.5. The van der Waals surface area contributed by atoms with Gasteiger partial charge in [0.25, 0.3) is 10.1 Å². The van der Waals surface area contributed by atoms with Gasteiger partial charge in [-0.05, 0) is 57.8 Å². The van der Waals surface area contributed by atoms with Gasteiger partial charge in [-0.2, -0.15) is 8.42 Å². The molecule has 270 valence electrons. The molecule has 0 radical (unpaired) electrons.